The summed E-state index contributed by atoms with van der Waals surface area (Å²) in [6.07, 6.45) is 0. The molecule has 4 nitrogen and oxygen atoms in total. The van der Waals surface area contributed by atoms with Crippen LogP contribution in [0, 0.1) is 5.41 Å². The summed E-state index contributed by atoms with van der Waals surface area (Å²) in [7, 11) is 0. The molecule has 4 heteroatoms. The molecular formula is C13H18N2O2. The molecule has 2 rings (SSSR count). The second-order valence-corrected chi connectivity index (χ2v) is 5.10. The highest BCUT2D eigenvalue weighted by Crippen LogP contribution is 2.33. The summed E-state index contributed by atoms with van der Waals surface area (Å²) < 4.78 is 5.39. The first-order valence-electron chi connectivity index (χ1n) is 5.76. The van der Waals surface area contributed by atoms with Crippen molar-refractivity contribution in [3.8, 4) is 5.75 Å². The second kappa shape index (κ2) is 4.37. The molecule has 0 spiro atoms. The van der Waals surface area contributed by atoms with Crippen LogP contribution in [0.4, 0.5) is 5.69 Å². The lowest BCUT2D eigenvalue weighted by Gasteiger charge is -2.35. The molecule has 1 aliphatic heterocycles. The van der Waals surface area contributed by atoms with Gasteiger partial charge in [0.25, 0.3) is 5.91 Å². The van der Waals surface area contributed by atoms with E-state index in [1.165, 1.54) is 0 Å². The number of anilines is 1. The van der Waals surface area contributed by atoms with Gasteiger partial charge in [-0.05, 0) is 24.1 Å². The summed E-state index contributed by atoms with van der Waals surface area (Å²) in [6, 6.07) is 7.59. The Balaban J connectivity index is 2.30. The Morgan fingerprint density at radius 1 is 1.41 bits per heavy atom. The van der Waals surface area contributed by atoms with Gasteiger partial charge in [-0.3, -0.25) is 4.79 Å². The van der Waals surface area contributed by atoms with E-state index in [1.54, 1.807) is 4.90 Å². The zero-order chi connectivity index (χ0) is 12.5. The second-order valence-electron chi connectivity index (χ2n) is 5.10. The summed E-state index contributed by atoms with van der Waals surface area (Å²) in [5, 5.41) is 0. The van der Waals surface area contributed by atoms with Gasteiger partial charge in [-0.2, -0.15) is 0 Å². The Morgan fingerprint density at radius 3 is 2.82 bits per heavy atom. The molecule has 1 heterocycles. The highest BCUT2D eigenvalue weighted by molar-refractivity contribution is 5.97. The molecule has 0 radical (unpaired) electrons. The predicted octanol–water partition coefficient (Wildman–Crippen LogP) is 1.40. The fourth-order valence-corrected chi connectivity index (χ4v) is 1.82. The van der Waals surface area contributed by atoms with Crippen LogP contribution >= 0.6 is 0 Å². The smallest absolute Gasteiger partial charge is 0.265 e. The minimum atomic E-state index is -0.0971. The van der Waals surface area contributed by atoms with E-state index in [9.17, 15) is 4.79 Å². The molecule has 0 unspecified atom stereocenters. The third-order valence-electron chi connectivity index (χ3n) is 2.95. The number of benzene rings is 1. The Bertz CT molecular complexity index is 429. The van der Waals surface area contributed by atoms with Crippen LogP contribution in [0.3, 0.4) is 0 Å². The first kappa shape index (κ1) is 11.9. The van der Waals surface area contributed by atoms with Gasteiger partial charge < -0.3 is 15.4 Å². The van der Waals surface area contributed by atoms with Crippen molar-refractivity contribution in [3.63, 3.8) is 0 Å². The van der Waals surface area contributed by atoms with Crippen LogP contribution < -0.4 is 15.4 Å². The van der Waals surface area contributed by atoms with Crippen molar-refractivity contribution in [1.29, 1.82) is 0 Å². The predicted molar refractivity (Wildman–Crippen MR) is 67.1 cm³/mol. The lowest BCUT2D eigenvalue weighted by Crippen LogP contribution is -2.46. The van der Waals surface area contributed by atoms with Crippen LogP contribution in [-0.2, 0) is 4.79 Å². The van der Waals surface area contributed by atoms with E-state index >= 15 is 0 Å². The van der Waals surface area contributed by atoms with Gasteiger partial charge in [-0.25, -0.2) is 0 Å². The van der Waals surface area contributed by atoms with Crippen molar-refractivity contribution >= 4 is 11.6 Å². The van der Waals surface area contributed by atoms with Gasteiger partial charge in [0.1, 0.15) is 5.75 Å². The van der Waals surface area contributed by atoms with E-state index in [-0.39, 0.29) is 17.9 Å². The van der Waals surface area contributed by atoms with Crippen molar-refractivity contribution in [2.24, 2.45) is 11.1 Å². The maximum absolute atomic E-state index is 11.9. The highest BCUT2D eigenvalue weighted by atomic mass is 16.5. The van der Waals surface area contributed by atoms with E-state index in [1.807, 2.05) is 24.3 Å². The molecule has 0 fully saturated rings. The van der Waals surface area contributed by atoms with E-state index in [0.717, 1.165) is 11.4 Å². The molecule has 17 heavy (non-hydrogen) atoms. The zero-order valence-corrected chi connectivity index (χ0v) is 10.3. The number of nitrogens with two attached hydrogens (primary N) is 1. The Hall–Kier alpha value is -1.55. The first-order valence-corrected chi connectivity index (χ1v) is 5.76. The van der Waals surface area contributed by atoms with Gasteiger partial charge >= 0.3 is 0 Å². The maximum atomic E-state index is 11.9. The largest absolute Gasteiger partial charge is 0.482 e. The van der Waals surface area contributed by atoms with E-state index in [4.69, 9.17) is 10.5 Å². The monoisotopic (exact) mass is 234 g/mol. The van der Waals surface area contributed by atoms with Crippen LogP contribution in [0.15, 0.2) is 24.3 Å². The average Bonchev–Trinajstić information content (AvgIpc) is 2.33. The Labute approximate surface area is 101 Å². The average molecular weight is 234 g/mol. The van der Waals surface area contributed by atoms with Crippen LogP contribution in [0.5, 0.6) is 5.75 Å². The van der Waals surface area contributed by atoms with Gasteiger partial charge in [-0.1, -0.05) is 26.0 Å². The summed E-state index contributed by atoms with van der Waals surface area (Å²) in [5.41, 5.74) is 6.46. The molecule has 0 saturated heterocycles. The lowest BCUT2D eigenvalue weighted by molar-refractivity contribution is -0.121. The number of amides is 1. The summed E-state index contributed by atoms with van der Waals surface area (Å²) in [4.78, 5) is 13.7. The summed E-state index contributed by atoms with van der Waals surface area (Å²) >= 11 is 0. The molecule has 0 saturated carbocycles. The summed E-state index contributed by atoms with van der Waals surface area (Å²) in [5.74, 6) is 0.755. The Kier molecular flexibility index (Phi) is 3.07. The molecule has 0 aliphatic carbocycles. The molecule has 0 bridgehead atoms. The molecule has 1 amide bonds. The molecule has 0 aromatic heterocycles. The molecule has 2 N–H and O–H groups in total. The minimum absolute atomic E-state index is 0.00905. The number of para-hydroxylation sites is 2. The quantitative estimate of drug-likeness (QED) is 0.860. The normalized spacial score (nSPS) is 15.5. The van der Waals surface area contributed by atoms with Crippen LogP contribution in [0.25, 0.3) is 0 Å². The van der Waals surface area contributed by atoms with Crippen molar-refractivity contribution in [2.45, 2.75) is 13.8 Å². The molecule has 1 aromatic rings. The highest BCUT2D eigenvalue weighted by Gasteiger charge is 2.29. The SMILES string of the molecule is CC(C)(CN)CN1C(=O)COc2ccccc21. The van der Waals surface area contributed by atoms with Crippen LogP contribution in [0.1, 0.15) is 13.8 Å². The maximum Gasteiger partial charge on any atom is 0.265 e. The van der Waals surface area contributed by atoms with Gasteiger partial charge in [0.2, 0.25) is 0 Å². The van der Waals surface area contributed by atoms with Crippen LogP contribution in [0.2, 0.25) is 0 Å². The fraction of sp³-hybridized carbons (Fsp3) is 0.462. The van der Waals surface area contributed by atoms with E-state index in [2.05, 4.69) is 13.8 Å². The van der Waals surface area contributed by atoms with Gasteiger partial charge in [0.15, 0.2) is 6.61 Å². The molecular weight excluding hydrogens is 216 g/mol. The Morgan fingerprint density at radius 2 is 2.12 bits per heavy atom. The first-order chi connectivity index (χ1) is 8.03. The number of rotatable bonds is 3. The van der Waals surface area contributed by atoms with Crippen LogP contribution in [-0.4, -0.2) is 25.6 Å². The minimum Gasteiger partial charge on any atom is -0.482 e. The van der Waals surface area contributed by atoms with Gasteiger partial charge in [0.05, 0.1) is 5.69 Å². The lowest BCUT2D eigenvalue weighted by atomic mass is 9.92. The van der Waals surface area contributed by atoms with Crippen molar-refractivity contribution in [1.82, 2.24) is 0 Å². The van der Waals surface area contributed by atoms with Gasteiger partial charge in [0, 0.05) is 6.54 Å². The number of ether oxygens (including phenoxy) is 1. The van der Waals surface area contributed by atoms with Crippen molar-refractivity contribution in [2.75, 3.05) is 24.6 Å². The third kappa shape index (κ3) is 2.42. The molecule has 0 atom stereocenters. The molecule has 1 aliphatic rings. The number of hydrogen-bond donors (Lipinski definition) is 1. The number of carbonyl (C=O) groups excluding carboxylic acids is 1. The van der Waals surface area contributed by atoms with E-state index < -0.39 is 0 Å². The fourth-order valence-electron chi connectivity index (χ4n) is 1.82. The van der Waals surface area contributed by atoms with Gasteiger partial charge in [-0.15, -0.1) is 0 Å². The number of fused-ring (bicyclic) bond motifs is 1. The zero-order valence-electron chi connectivity index (χ0n) is 10.3. The standard InChI is InChI=1S/C13H18N2O2/c1-13(2,8-14)9-15-10-5-3-4-6-11(10)17-7-12(15)16/h3-6H,7-9,14H2,1-2H3. The topological polar surface area (TPSA) is 55.6 Å². The van der Waals surface area contributed by atoms with Crippen molar-refractivity contribution in [3.05, 3.63) is 24.3 Å². The van der Waals surface area contributed by atoms with Crippen molar-refractivity contribution < 1.29 is 9.53 Å². The van der Waals surface area contributed by atoms with E-state index in [0.29, 0.717) is 13.1 Å². The number of hydrogen-bond acceptors (Lipinski definition) is 3. The third-order valence-corrected chi connectivity index (χ3v) is 2.95. The molecule has 92 valence electrons. The number of nitrogens with zero attached hydrogens (tertiary/aromatic N) is 1. The molecule has 1 aromatic carbocycles. The summed E-state index contributed by atoms with van der Waals surface area (Å²) in [6.45, 7) is 5.37. The number of carbonyl (C=O) groups is 1.